The molecule has 0 aliphatic heterocycles. The van der Waals surface area contributed by atoms with E-state index in [1.54, 1.807) is 5.19 Å². The molecule has 0 bridgehead atoms. The third-order valence-electron chi connectivity index (χ3n) is 1.53. The zero-order valence-corrected chi connectivity index (χ0v) is 19.5. The summed E-state index contributed by atoms with van der Waals surface area (Å²) in [4.78, 5) is 0. The van der Waals surface area contributed by atoms with E-state index in [4.69, 9.17) is 17.2 Å². The Kier molecular flexibility index (Phi) is 24.3. The molecule has 0 amide bonds. The quantitative estimate of drug-likeness (QED) is 0.391. The molecule has 0 unspecified atom stereocenters. The van der Waals surface area contributed by atoms with E-state index in [9.17, 15) is 0 Å². The van der Waals surface area contributed by atoms with E-state index in [1.807, 2.05) is 41.5 Å². The summed E-state index contributed by atoms with van der Waals surface area (Å²) in [6.45, 7) is 18.1. The van der Waals surface area contributed by atoms with Gasteiger partial charge in [0.1, 0.15) is 0 Å². The molecule has 0 spiro atoms. The van der Waals surface area contributed by atoms with Crippen LogP contribution in [-0.2, 0) is 26.2 Å². The van der Waals surface area contributed by atoms with Gasteiger partial charge >= 0.3 is 26.2 Å². The molecule has 3 nitrogen and oxygen atoms in total. The molecule has 22 heavy (non-hydrogen) atoms. The third-order valence-corrected chi connectivity index (χ3v) is 3.59. The van der Waals surface area contributed by atoms with E-state index in [2.05, 4.69) is 43.9 Å². The van der Waals surface area contributed by atoms with Gasteiger partial charge in [-0.15, -0.1) is 18.1 Å². The second-order valence-corrected chi connectivity index (χ2v) is 12.0. The Labute approximate surface area is 159 Å². The van der Waals surface area contributed by atoms with Crippen molar-refractivity contribution in [3.05, 3.63) is 41.5 Å². The van der Waals surface area contributed by atoms with Crippen LogP contribution in [0.25, 0.3) is 17.2 Å². The van der Waals surface area contributed by atoms with Gasteiger partial charge in [-0.05, 0) is 0 Å². The Morgan fingerprint density at radius 2 is 0.864 bits per heavy atom. The summed E-state index contributed by atoms with van der Waals surface area (Å²) in [5, 5.41) is 1.56. The summed E-state index contributed by atoms with van der Waals surface area (Å²) < 4.78 is 0. The smallest absolute Gasteiger partial charge is 0.675 e. The first kappa shape index (κ1) is 30.2. The molecule has 0 heterocycles. The van der Waals surface area contributed by atoms with Crippen LogP contribution < -0.4 is 5.19 Å². The molecule has 0 aliphatic rings. The topological polar surface area (TPSA) is 71.4 Å². The molecule has 0 saturated heterocycles. The van der Waals surface area contributed by atoms with Gasteiger partial charge in [0.2, 0.25) is 0 Å². The van der Waals surface area contributed by atoms with E-state index >= 15 is 0 Å². The molecule has 0 radical (unpaired) electrons. The Morgan fingerprint density at radius 3 is 0.955 bits per heavy atom. The average molecular weight is 403 g/mol. The molecule has 1 aromatic carbocycles. The van der Waals surface area contributed by atoms with E-state index in [0.717, 1.165) is 0 Å². The molecule has 1 aromatic rings. The van der Waals surface area contributed by atoms with Gasteiger partial charge in [0.15, 0.2) is 0 Å². The van der Waals surface area contributed by atoms with Crippen LogP contribution in [0.1, 0.15) is 41.5 Å². The largest absolute Gasteiger partial charge is 4.00 e. The van der Waals surface area contributed by atoms with Gasteiger partial charge in [0, 0.05) is 8.07 Å². The van der Waals surface area contributed by atoms with E-state index in [-0.39, 0.29) is 44.3 Å². The summed E-state index contributed by atoms with van der Waals surface area (Å²) >= 11 is 0. The molecular formula is C17H37N3SiZr. The van der Waals surface area contributed by atoms with Gasteiger partial charge < -0.3 is 17.2 Å². The Balaban J connectivity index is -0.000000107. The summed E-state index contributed by atoms with van der Waals surface area (Å²) in [7, 11) is -0.981. The monoisotopic (exact) mass is 401 g/mol. The maximum absolute atomic E-state index is 6.58. The summed E-state index contributed by atoms with van der Waals surface area (Å²) in [5.74, 6) is 0. The van der Waals surface area contributed by atoms with Gasteiger partial charge in [-0.25, -0.2) is 12.1 Å². The van der Waals surface area contributed by atoms with Crippen LogP contribution >= 0.6 is 0 Å². The first-order valence-electron chi connectivity index (χ1n) is 7.66. The van der Waals surface area contributed by atoms with Crippen molar-refractivity contribution >= 4 is 13.3 Å². The second-order valence-electron chi connectivity index (χ2n) is 6.89. The van der Waals surface area contributed by atoms with Crippen LogP contribution in [-0.4, -0.2) is 26.2 Å². The molecule has 0 aromatic heterocycles. The van der Waals surface area contributed by atoms with Gasteiger partial charge in [0.25, 0.3) is 0 Å². The predicted octanol–water partition coefficient (Wildman–Crippen LogP) is 6.29. The van der Waals surface area contributed by atoms with E-state index in [0.29, 0.717) is 0 Å². The van der Waals surface area contributed by atoms with Gasteiger partial charge in [-0.1, -0.05) is 61.2 Å². The zero-order chi connectivity index (χ0) is 17.6. The minimum atomic E-state index is -0.981. The summed E-state index contributed by atoms with van der Waals surface area (Å²) in [6.07, 6.45) is 0. The molecule has 5 heteroatoms. The fourth-order valence-electron chi connectivity index (χ4n) is 0.874. The standard InChI is InChI=1S/C8H13Si.3C3H8N.Zr/c1-9(2,3)8-6-4-5-7-8;3*1-3(2)4;/h4-7H,1-3H3;3*3-4H,1-2H3;/q4*-1;+4. The number of hydrogen-bond acceptors (Lipinski definition) is 0. The zero-order valence-electron chi connectivity index (χ0n) is 16.0. The maximum Gasteiger partial charge on any atom is 4.00 e. The Bertz CT molecular complexity index is 269. The van der Waals surface area contributed by atoms with Crippen LogP contribution in [0.3, 0.4) is 0 Å². The van der Waals surface area contributed by atoms with Crippen LogP contribution in [0, 0.1) is 0 Å². The fraction of sp³-hybridized carbons (Fsp3) is 0.706. The summed E-state index contributed by atoms with van der Waals surface area (Å²) in [5.41, 5.74) is 19.8. The molecule has 1 rings (SSSR count). The van der Waals surface area contributed by atoms with Crippen molar-refractivity contribution in [2.24, 2.45) is 0 Å². The second kappa shape index (κ2) is 17.7. The van der Waals surface area contributed by atoms with Crippen LogP contribution in [0.2, 0.25) is 19.6 Å². The number of nitrogens with one attached hydrogen (secondary N) is 3. The van der Waals surface area contributed by atoms with Crippen LogP contribution in [0.4, 0.5) is 0 Å². The molecule has 0 saturated carbocycles. The molecular weight excluding hydrogens is 366 g/mol. The SMILES string of the molecule is CC(C)[NH-].CC(C)[NH-].CC(C)[NH-].C[Si](C)(C)[c-]1cccc1.[Zr+4]. The maximum atomic E-state index is 6.58. The first-order valence-corrected chi connectivity index (χ1v) is 11.2. The molecule has 0 aliphatic carbocycles. The average Bonchev–Trinajstić information content (AvgIpc) is 2.64. The van der Waals surface area contributed by atoms with Crippen molar-refractivity contribution in [2.75, 3.05) is 0 Å². The van der Waals surface area contributed by atoms with Crippen molar-refractivity contribution < 1.29 is 26.2 Å². The minimum absolute atomic E-state index is 0. The van der Waals surface area contributed by atoms with Gasteiger partial charge in [-0.3, -0.25) is 0 Å². The van der Waals surface area contributed by atoms with Crippen molar-refractivity contribution in [2.45, 2.75) is 79.3 Å². The van der Waals surface area contributed by atoms with Crippen molar-refractivity contribution in [3.63, 3.8) is 0 Å². The van der Waals surface area contributed by atoms with Crippen LogP contribution in [0.15, 0.2) is 24.3 Å². The minimum Gasteiger partial charge on any atom is -0.675 e. The van der Waals surface area contributed by atoms with Crippen molar-refractivity contribution in [3.8, 4) is 0 Å². The molecule has 128 valence electrons. The van der Waals surface area contributed by atoms with Crippen molar-refractivity contribution in [1.82, 2.24) is 0 Å². The first-order chi connectivity index (χ1) is 9.30. The molecule has 3 N–H and O–H groups in total. The van der Waals surface area contributed by atoms with Crippen LogP contribution in [0.5, 0.6) is 0 Å². The number of rotatable bonds is 1. The fourth-order valence-corrected chi connectivity index (χ4v) is 2.07. The van der Waals surface area contributed by atoms with Gasteiger partial charge in [-0.2, -0.15) is 17.3 Å². The van der Waals surface area contributed by atoms with E-state index < -0.39 is 8.07 Å². The molecule has 0 atom stereocenters. The van der Waals surface area contributed by atoms with Crippen molar-refractivity contribution in [1.29, 1.82) is 0 Å². The predicted molar refractivity (Wildman–Crippen MR) is 103 cm³/mol. The van der Waals surface area contributed by atoms with Gasteiger partial charge in [0.05, 0.1) is 0 Å². The summed E-state index contributed by atoms with van der Waals surface area (Å²) in [6, 6.07) is 8.94. The third kappa shape index (κ3) is 42.8. The normalized spacial score (nSPS) is 9.77. The molecule has 0 fully saturated rings. The Hall–Kier alpha value is 0.330. The van der Waals surface area contributed by atoms with E-state index in [1.165, 1.54) is 0 Å². The number of hydrogen-bond donors (Lipinski definition) is 0. The Morgan fingerprint density at radius 1 is 0.682 bits per heavy atom.